The van der Waals surface area contributed by atoms with Crippen molar-refractivity contribution in [1.29, 1.82) is 0 Å². The number of Topliss-reactive ketones (excluding diaryl/α,β-unsaturated/α-hetero) is 1. The van der Waals surface area contributed by atoms with E-state index >= 15 is 0 Å². The number of halogens is 1. The first-order valence-electron chi connectivity index (χ1n) is 4.00. The summed E-state index contributed by atoms with van der Waals surface area (Å²) in [4.78, 5) is 15.5. The van der Waals surface area contributed by atoms with Crippen LogP contribution in [-0.2, 0) is 0 Å². The van der Waals surface area contributed by atoms with Gasteiger partial charge in [-0.25, -0.2) is 0 Å². The third kappa shape index (κ3) is 2.77. The molecule has 0 saturated heterocycles. The van der Waals surface area contributed by atoms with Gasteiger partial charge in [0.25, 0.3) is 0 Å². The lowest BCUT2D eigenvalue weighted by atomic mass is 10.1. The van der Waals surface area contributed by atoms with Crippen LogP contribution in [0.5, 0.6) is 0 Å². The van der Waals surface area contributed by atoms with Crippen molar-refractivity contribution in [1.82, 2.24) is 4.98 Å². The first-order chi connectivity index (χ1) is 6.25. The van der Waals surface area contributed by atoms with Crippen molar-refractivity contribution >= 4 is 21.7 Å². The van der Waals surface area contributed by atoms with Gasteiger partial charge in [-0.15, -0.1) is 6.58 Å². The molecule has 0 aliphatic carbocycles. The fourth-order valence-electron chi connectivity index (χ4n) is 0.942. The van der Waals surface area contributed by atoms with Gasteiger partial charge < -0.3 is 0 Å². The van der Waals surface area contributed by atoms with Crippen LogP contribution >= 0.6 is 15.9 Å². The average molecular weight is 240 g/mol. The van der Waals surface area contributed by atoms with Crippen LogP contribution in [0.1, 0.15) is 23.3 Å². The molecule has 1 rings (SSSR count). The van der Waals surface area contributed by atoms with Gasteiger partial charge >= 0.3 is 0 Å². The second-order valence-corrected chi connectivity index (χ2v) is 3.44. The summed E-state index contributed by atoms with van der Waals surface area (Å²) in [5.74, 6) is 0.0485. The maximum Gasteiger partial charge on any atom is 0.182 e. The van der Waals surface area contributed by atoms with Crippen LogP contribution in [0.15, 0.2) is 35.5 Å². The summed E-state index contributed by atoms with van der Waals surface area (Å²) in [6.07, 6.45) is 4.52. The van der Waals surface area contributed by atoms with Gasteiger partial charge in [-0.3, -0.25) is 9.78 Å². The maximum absolute atomic E-state index is 11.5. The summed E-state index contributed by atoms with van der Waals surface area (Å²) in [6, 6.07) is 3.60. The summed E-state index contributed by atoms with van der Waals surface area (Å²) in [5.41, 5.74) is 0.504. The molecule has 0 aromatic carbocycles. The minimum Gasteiger partial charge on any atom is -0.292 e. The standard InChI is InChI=1S/C10H10BrNO/c1-2-3-6-9(13)10-8(11)5-4-7-12-10/h2,4-5,7H,1,3,6H2. The molecule has 68 valence electrons. The SMILES string of the molecule is C=CCCC(=O)c1ncccc1Br. The van der Waals surface area contributed by atoms with Gasteiger partial charge in [-0.1, -0.05) is 6.08 Å². The average Bonchev–Trinajstić information content (AvgIpc) is 2.15. The molecule has 0 aliphatic rings. The van der Waals surface area contributed by atoms with E-state index in [1.54, 1.807) is 18.3 Å². The predicted octanol–water partition coefficient (Wildman–Crippen LogP) is 2.99. The Balaban J connectivity index is 2.76. The van der Waals surface area contributed by atoms with Gasteiger partial charge in [0.05, 0.1) is 0 Å². The van der Waals surface area contributed by atoms with Crippen molar-refractivity contribution in [3.05, 3.63) is 41.2 Å². The van der Waals surface area contributed by atoms with Crippen molar-refractivity contribution in [2.45, 2.75) is 12.8 Å². The number of aromatic nitrogens is 1. The highest BCUT2D eigenvalue weighted by molar-refractivity contribution is 9.10. The normalized spacial score (nSPS) is 9.62. The van der Waals surface area contributed by atoms with Crippen LogP contribution < -0.4 is 0 Å². The van der Waals surface area contributed by atoms with Crippen LogP contribution in [0.2, 0.25) is 0 Å². The lowest BCUT2D eigenvalue weighted by molar-refractivity contribution is 0.0978. The van der Waals surface area contributed by atoms with E-state index in [4.69, 9.17) is 0 Å². The van der Waals surface area contributed by atoms with Crippen molar-refractivity contribution in [2.75, 3.05) is 0 Å². The van der Waals surface area contributed by atoms with Crippen molar-refractivity contribution in [3.63, 3.8) is 0 Å². The molecule has 0 radical (unpaired) electrons. The number of pyridine rings is 1. The highest BCUT2D eigenvalue weighted by Crippen LogP contribution is 2.15. The molecule has 0 amide bonds. The molecule has 3 heteroatoms. The summed E-state index contributed by atoms with van der Waals surface area (Å²) in [5, 5.41) is 0. The molecule has 1 heterocycles. The molecule has 0 unspecified atom stereocenters. The number of carbonyl (C=O) groups is 1. The molecule has 0 atom stereocenters. The highest BCUT2D eigenvalue weighted by Gasteiger charge is 2.09. The summed E-state index contributed by atoms with van der Waals surface area (Å²) in [6.45, 7) is 3.56. The zero-order valence-corrected chi connectivity index (χ0v) is 8.75. The van der Waals surface area contributed by atoms with E-state index in [0.717, 1.165) is 4.47 Å². The minimum absolute atomic E-state index is 0.0485. The van der Waals surface area contributed by atoms with Crippen LogP contribution in [-0.4, -0.2) is 10.8 Å². The highest BCUT2D eigenvalue weighted by atomic mass is 79.9. The molecule has 0 spiro atoms. The Bertz CT molecular complexity index is 322. The fraction of sp³-hybridized carbons (Fsp3) is 0.200. The van der Waals surface area contributed by atoms with Crippen molar-refractivity contribution in [2.24, 2.45) is 0 Å². The molecule has 0 aliphatic heterocycles. The van der Waals surface area contributed by atoms with Gasteiger partial charge in [0, 0.05) is 17.1 Å². The third-order valence-electron chi connectivity index (χ3n) is 1.60. The van der Waals surface area contributed by atoms with Gasteiger partial charge in [-0.2, -0.15) is 0 Å². The second-order valence-electron chi connectivity index (χ2n) is 2.58. The van der Waals surface area contributed by atoms with E-state index < -0.39 is 0 Å². The van der Waals surface area contributed by atoms with E-state index in [0.29, 0.717) is 18.5 Å². The van der Waals surface area contributed by atoms with E-state index in [-0.39, 0.29) is 5.78 Å². The molecule has 1 aromatic rings. The first kappa shape index (κ1) is 10.1. The molecule has 0 saturated carbocycles. The lowest BCUT2D eigenvalue weighted by Gasteiger charge is -1.99. The first-order valence-corrected chi connectivity index (χ1v) is 4.79. The number of carbonyl (C=O) groups excluding carboxylic acids is 1. The number of hydrogen-bond donors (Lipinski definition) is 0. The molecule has 1 aromatic heterocycles. The van der Waals surface area contributed by atoms with Crippen molar-refractivity contribution < 1.29 is 4.79 Å². The Hall–Kier alpha value is -0.960. The predicted molar refractivity (Wildman–Crippen MR) is 55.7 cm³/mol. The zero-order valence-electron chi connectivity index (χ0n) is 7.16. The molecule has 0 fully saturated rings. The fourth-order valence-corrected chi connectivity index (χ4v) is 1.42. The number of allylic oxidation sites excluding steroid dienone is 1. The van der Waals surface area contributed by atoms with E-state index in [1.165, 1.54) is 0 Å². The second kappa shape index (κ2) is 4.92. The van der Waals surface area contributed by atoms with E-state index in [1.807, 2.05) is 6.07 Å². The van der Waals surface area contributed by atoms with Crippen LogP contribution in [0.4, 0.5) is 0 Å². The van der Waals surface area contributed by atoms with Crippen LogP contribution in [0.3, 0.4) is 0 Å². The molecular weight excluding hydrogens is 230 g/mol. The Morgan fingerprint density at radius 1 is 1.69 bits per heavy atom. The van der Waals surface area contributed by atoms with E-state index in [2.05, 4.69) is 27.5 Å². The summed E-state index contributed by atoms with van der Waals surface area (Å²) >= 11 is 3.28. The number of nitrogens with zero attached hydrogens (tertiary/aromatic N) is 1. The van der Waals surface area contributed by atoms with Gasteiger partial charge in [0.15, 0.2) is 5.78 Å². The maximum atomic E-state index is 11.5. The Kier molecular flexibility index (Phi) is 3.83. The molecule has 0 bridgehead atoms. The monoisotopic (exact) mass is 239 g/mol. The molecule has 13 heavy (non-hydrogen) atoms. The minimum atomic E-state index is 0.0485. The molecule has 0 N–H and O–H groups in total. The third-order valence-corrected chi connectivity index (χ3v) is 2.24. The quantitative estimate of drug-likeness (QED) is 0.598. The Morgan fingerprint density at radius 3 is 3.08 bits per heavy atom. The topological polar surface area (TPSA) is 30.0 Å². The number of rotatable bonds is 4. The van der Waals surface area contributed by atoms with E-state index in [9.17, 15) is 4.79 Å². The van der Waals surface area contributed by atoms with Crippen LogP contribution in [0.25, 0.3) is 0 Å². The largest absolute Gasteiger partial charge is 0.292 e. The Morgan fingerprint density at radius 2 is 2.46 bits per heavy atom. The smallest absolute Gasteiger partial charge is 0.182 e. The number of hydrogen-bond acceptors (Lipinski definition) is 2. The molecule has 2 nitrogen and oxygen atoms in total. The summed E-state index contributed by atoms with van der Waals surface area (Å²) < 4.78 is 0.754. The number of ketones is 1. The van der Waals surface area contributed by atoms with Gasteiger partial charge in [0.2, 0.25) is 0 Å². The Labute approximate surface area is 85.8 Å². The zero-order chi connectivity index (χ0) is 9.68. The van der Waals surface area contributed by atoms with Gasteiger partial charge in [-0.05, 0) is 34.5 Å². The lowest BCUT2D eigenvalue weighted by Crippen LogP contribution is -2.02. The van der Waals surface area contributed by atoms with Crippen molar-refractivity contribution in [3.8, 4) is 0 Å². The van der Waals surface area contributed by atoms with Crippen LogP contribution in [0, 0.1) is 0 Å². The van der Waals surface area contributed by atoms with Gasteiger partial charge in [0.1, 0.15) is 5.69 Å². The summed E-state index contributed by atoms with van der Waals surface area (Å²) in [7, 11) is 0. The molecular formula is C10H10BrNO.